The van der Waals surface area contributed by atoms with Gasteiger partial charge in [-0.25, -0.2) is 0 Å². The predicted octanol–water partition coefficient (Wildman–Crippen LogP) is 7.31. The molecule has 0 aliphatic carbocycles. The van der Waals surface area contributed by atoms with Crippen molar-refractivity contribution < 1.29 is 29.3 Å². The fourth-order valence-corrected chi connectivity index (χ4v) is 6.57. The monoisotopic (exact) mass is 642 g/mol. The second kappa shape index (κ2) is 18.1. The molecule has 2 heterocycles. The molecule has 0 bridgehead atoms. The van der Waals surface area contributed by atoms with Gasteiger partial charge in [-0.2, -0.15) is 0 Å². The van der Waals surface area contributed by atoms with Crippen LogP contribution in [0.5, 0.6) is 0 Å². The van der Waals surface area contributed by atoms with Gasteiger partial charge in [0.15, 0.2) is 6.29 Å². The molecule has 2 saturated heterocycles. The van der Waals surface area contributed by atoms with E-state index < -0.39 is 12.3 Å². The van der Waals surface area contributed by atoms with Gasteiger partial charge in [0, 0.05) is 37.9 Å². The van der Waals surface area contributed by atoms with Gasteiger partial charge in [0.1, 0.15) is 0 Å². The van der Waals surface area contributed by atoms with Crippen molar-refractivity contribution in [3.8, 4) is 11.1 Å². The molecule has 3 atom stereocenters. The number of amides is 1. The molecule has 5 rings (SSSR count). The van der Waals surface area contributed by atoms with E-state index in [1.165, 1.54) is 32.1 Å². The van der Waals surface area contributed by atoms with Crippen molar-refractivity contribution in [2.45, 2.75) is 102 Å². The Hall–Kier alpha value is -3.56. The zero-order valence-corrected chi connectivity index (χ0v) is 27.4. The van der Waals surface area contributed by atoms with Crippen LogP contribution in [0.2, 0.25) is 0 Å². The number of carboxylic acids is 1. The van der Waals surface area contributed by atoms with E-state index in [2.05, 4.69) is 52.7 Å². The summed E-state index contributed by atoms with van der Waals surface area (Å²) < 4.78 is 13.4. The Morgan fingerprint density at radius 2 is 1.47 bits per heavy atom. The van der Waals surface area contributed by atoms with Crippen LogP contribution in [0, 0.1) is 0 Å². The Morgan fingerprint density at radius 3 is 2.21 bits per heavy atom. The molecule has 8 heteroatoms. The number of rotatable bonds is 14. The lowest BCUT2D eigenvalue weighted by molar-refractivity contribution is -0.253. The van der Waals surface area contributed by atoms with E-state index in [9.17, 15) is 14.7 Å². The highest BCUT2D eigenvalue weighted by atomic mass is 16.7. The maximum atomic E-state index is 12.4. The average molecular weight is 643 g/mol. The number of benzene rings is 3. The van der Waals surface area contributed by atoms with Crippen molar-refractivity contribution in [3.63, 3.8) is 0 Å². The van der Waals surface area contributed by atoms with Crippen LogP contribution in [0.1, 0.15) is 105 Å². The highest BCUT2D eigenvalue weighted by Gasteiger charge is 2.33. The number of carbonyl (C=O) groups is 2. The van der Waals surface area contributed by atoms with Gasteiger partial charge in [-0.05, 0) is 78.7 Å². The van der Waals surface area contributed by atoms with E-state index >= 15 is 0 Å². The molecule has 3 aromatic rings. The molecular formula is C39H50N2O6. The van der Waals surface area contributed by atoms with Gasteiger partial charge >= 0.3 is 5.97 Å². The summed E-state index contributed by atoms with van der Waals surface area (Å²) in [7, 11) is 0. The summed E-state index contributed by atoms with van der Waals surface area (Å²) in [5.41, 5.74) is 6.07. The molecule has 2 fully saturated rings. The van der Waals surface area contributed by atoms with Gasteiger partial charge in [-0.1, -0.05) is 86.3 Å². The predicted molar refractivity (Wildman–Crippen MR) is 182 cm³/mol. The van der Waals surface area contributed by atoms with Gasteiger partial charge in [0.05, 0.1) is 18.8 Å². The van der Waals surface area contributed by atoms with Gasteiger partial charge in [-0.15, -0.1) is 0 Å². The smallest absolute Gasteiger partial charge is 0.303 e. The number of hydrogen-bond donors (Lipinski definition) is 3. The second-order valence-electron chi connectivity index (χ2n) is 13.0. The van der Waals surface area contributed by atoms with Gasteiger partial charge in [0.25, 0.3) is 0 Å². The van der Waals surface area contributed by atoms with Crippen LogP contribution in [-0.2, 0) is 32.2 Å². The molecule has 2 aliphatic rings. The minimum atomic E-state index is -0.796. The van der Waals surface area contributed by atoms with Crippen LogP contribution in [0.15, 0.2) is 72.8 Å². The second-order valence-corrected chi connectivity index (χ2v) is 13.0. The first-order chi connectivity index (χ1) is 23.0. The summed E-state index contributed by atoms with van der Waals surface area (Å²) in [5, 5.41) is 21.3. The number of carbonyl (C=O) groups excluding carboxylic acids is 1. The quantitative estimate of drug-likeness (QED) is 0.158. The third kappa shape index (κ3) is 11.0. The number of ether oxygens (including phenoxy) is 2. The van der Waals surface area contributed by atoms with E-state index in [0.29, 0.717) is 25.8 Å². The number of nitrogens with zero attached hydrogens (tertiary/aromatic N) is 1. The number of hydrogen-bond acceptors (Lipinski definition) is 6. The van der Waals surface area contributed by atoms with Crippen molar-refractivity contribution in [1.29, 1.82) is 0 Å². The van der Waals surface area contributed by atoms with Crippen molar-refractivity contribution in [2.75, 3.05) is 19.6 Å². The Bertz CT molecular complexity index is 1420. The third-order valence-corrected chi connectivity index (χ3v) is 9.23. The highest BCUT2D eigenvalue weighted by molar-refractivity contribution is 5.76. The standard InChI is InChI=1S/C39H50N2O6/c42-28-29-17-19-31(20-18-29)36-25-35(27-41-21-7-2-1-3-8-22-41)46-39(47-36)34-14-10-13-33(24-34)32-12-9-11-30(23-32)26-40-37(43)15-5-4-6-16-38(44)45/h9-14,17-20,23-24,35-36,39,42H,1-8,15-16,21-22,25-28H2,(H,40,43)(H,44,45)/t35-,36+,39+/m1/s1. The van der Waals surface area contributed by atoms with Crippen LogP contribution in [0.3, 0.4) is 0 Å². The first kappa shape index (κ1) is 34.8. The summed E-state index contributed by atoms with van der Waals surface area (Å²) in [6.07, 6.45) is 9.13. The Labute approximate surface area is 279 Å². The maximum Gasteiger partial charge on any atom is 0.303 e. The van der Waals surface area contributed by atoms with Crippen LogP contribution in [0.4, 0.5) is 0 Å². The minimum Gasteiger partial charge on any atom is -0.481 e. The summed E-state index contributed by atoms with van der Waals surface area (Å²) in [4.78, 5) is 25.6. The zero-order chi connectivity index (χ0) is 32.8. The van der Waals surface area contributed by atoms with E-state index in [1.54, 1.807) is 0 Å². The number of likely N-dealkylation sites (tertiary alicyclic amines) is 1. The largest absolute Gasteiger partial charge is 0.481 e. The first-order valence-corrected chi connectivity index (χ1v) is 17.4. The van der Waals surface area contributed by atoms with Crippen LogP contribution in [-0.4, -0.2) is 52.7 Å². The lowest BCUT2D eigenvalue weighted by Crippen LogP contribution is -2.40. The van der Waals surface area contributed by atoms with Crippen molar-refractivity contribution in [1.82, 2.24) is 10.2 Å². The van der Waals surface area contributed by atoms with E-state index in [0.717, 1.165) is 65.9 Å². The summed E-state index contributed by atoms with van der Waals surface area (Å²) in [6, 6.07) is 24.6. The maximum absolute atomic E-state index is 12.4. The molecular weight excluding hydrogens is 592 g/mol. The molecule has 1 amide bonds. The van der Waals surface area contributed by atoms with Crippen molar-refractivity contribution in [2.24, 2.45) is 0 Å². The topological polar surface area (TPSA) is 108 Å². The third-order valence-electron chi connectivity index (χ3n) is 9.23. The lowest BCUT2D eigenvalue weighted by Gasteiger charge is -2.39. The summed E-state index contributed by atoms with van der Waals surface area (Å²) in [6.45, 7) is 3.57. The van der Waals surface area contributed by atoms with Crippen molar-refractivity contribution in [3.05, 3.63) is 95.1 Å². The molecule has 0 aromatic heterocycles. The number of aliphatic carboxylic acids is 1. The van der Waals surface area contributed by atoms with Crippen LogP contribution in [0.25, 0.3) is 11.1 Å². The fourth-order valence-electron chi connectivity index (χ4n) is 6.57. The Kier molecular flexibility index (Phi) is 13.4. The van der Waals surface area contributed by atoms with Crippen LogP contribution < -0.4 is 5.32 Å². The summed E-state index contributed by atoms with van der Waals surface area (Å²) in [5.74, 6) is -0.819. The van der Waals surface area contributed by atoms with Gasteiger partial charge < -0.3 is 29.9 Å². The molecule has 0 unspecified atom stereocenters. The molecule has 2 aliphatic heterocycles. The van der Waals surface area contributed by atoms with Crippen LogP contribution >= 0.6 is 0 Å². The fraction of sp³-hybridized carbons (Fsp3) is 0.487. The number of aliphatic hydroxyl groups excluding tert-OH is 1. The van der Waals surface area contributed by atoms with Crippen molar-refractivity contribution >= 4 is 11.9 Å². The molecule has 3 aromatic carbocycles. The molecule has 0 radical (unpaired) electrons. The lowest BCUT2D eigenvalue weighted by atomic mass is 9.98. The summed E-state index contributed by atoms with van der Waals surface area (Å²) >= 11 is 0. The van der Waals surface area contributed by atoms with E-state index in [-0.39, 0.29) is 31.1 Å². The van der Waals surface area contributed by atoms with E-state index in [4.69, 9.17) is 14.6 Å². The highest BCUT2D eigenvalue weighted by Crippen LogP contribution is 2.39. The molecule has 252 valence electrons. The molecule has 8 nitrogen and oxygen atoms in total. The van der Waals surface area contributed by atoms with E-state index in [1.807, 2.05) is 30.3 Å². The zero-order valence-electron chi connectivity index (χ0n) is 27.4. The normalized spacial score (nSPS) is 20.7. The minimum absolute atomic E-state index is 0.0195. The number of aliphatic hydroxyl groups is 1. The molecule has 0 spiro atoms. The number of nitrogens with one attached hydrogen (secondary N) is 1. The van der Waals surface area contributed by atoms with Gasteiger partial charge in [-0.3, -0.25) is 9.59 Å². The van der Waals surface area contributed by atoms with Gasteiger partial charge in [0.2, 0.25) is 5.91 Å². The number of unbranched alkanes of at least 4 members (excludes halogenated alkanes) is 2. The SMILES string of the molecule is O=C(O)CCCCCC(=O)NCc1cccc(-c2cccc([C@H]3O[C@@H](CN4CCCCCCC4)C[C@@H](c4ccc(CO)cc4)O3)c2)c1. The number of carboxylic acid groups (broad SMARTS) is 1. The molecule has 3 N–H and O–H groups in total. The Morgan fingerprint density at radius 1 is 0.766 bits per heavy atom. The average Bonchev–Trinajstić information content (AvgIpc) is 3.08. The molecule has 0 saturated carbocycles. The first-order valence-electron chi connectivity index (χ1n) is 17.4. The Balaban J connectivity index is 1.26. The molecule has 47 heavy (non-hydrogen) atoms.